The number of hydrogen-bond acceptors (Lipinski definition) is 5. The Bertz CT molecular complexity index is 924. The molecule has 1 fully saturated rings. The van der Waals surface area contributed by atoms with E-state index in [1.807, 2.05) is 11.0 Å². The first-order chi connectivity index (χ1) is 16.2. The van der Waals surface area contributed by atoms with Crippen LogP contribution in [0.15, 0.2) is 40.7 Å². The van der Waals surface area contributed by atoms with Crippen LogP contribution in [0.5, 0.6) is 0 Å². The Hall–Kier alpha value is -2.06. The van der Waals surface area contributed by atoms with Crippen LogP contribution in [0.1, 0.15) is 64.9 Å². The van der Waals surface area contributed by atoms with Crippen molar-refractivity contribution in [2.75, 3.05) is 17.6 Å². The third-order valence-corrected chi connectivity index (χ3v) is 9.06. The molecule has 1 heterocycles. The molecule has 0 spiro atoms. The molecule has 6 nitrogen and oxygen atoms in total. The van der Waals surface area contributed by atoms with E-state index >= 15 is 0 Å². The minimum Gasteiger partial charge on any atom is -0.481 e. The summed E-state index contributed by atoms with van der Waals surface area (Å²) < 4.78 is 0.908. The highest BCUT2D eigenvalue weighted by atomic mass is 32.2. The summed E-state index contributed by atoms with van der Waals surface area (Å²) in [4.78, 5) is 31.0. The molecular weight excluding hydrogens is 466 g/mol. The number of thioether (sulfide) groups is 1. The zero-order valence-corrected chi connectivity index (χ0v) is 22.1. The smallest absolute Gasteiger partial charge is 0.323 e. The molecule has 0 radical (unpaired) electrons. The highest BCUT2D eigenvalue weighted by molar-refractivity contribution is 8.01. The molecular formula is C26H37N3O3S2. The van der Waals surface area contributed by atoms with Crippen molar-refractivity contribution in [3.63, 3.8) is 0 Å². The van der Waals surface area contributed by atoms with Crippen molar-refractivity contribution >= 4 is 40.2 Å². The zero-order chi connectivity index (χ0) is 24.6. The number of unbranched alkanes of at least 4 members (excludes halogenated alkanes) is 1. The summed E-state index contributed by atoms with van der Waals surface area (Å²) in [5.41, 5.74) is 0.524. The SMILES string of the molecule is CC(C)(CSc1cnc(NC(=O)N(CCCCc2ccccc2)[C@H]2CC[C@H](C)CC2)s1)C(=O)O. The first-order valence-corrected chi connectivity index (χ1v) is 14.0. The number of carbonyl (C=O) groups is 2. The molecule has 1 aliphatic rings. The lowest BCUT2D eigenvalue weighted by Gasteiger charge is -2.36. The molecule has 1 aromatic heterocycles. The topological polar surface area (TPSA) is 82.5 Å². The lowest BCUT2D eigenvalue weighted by molar-refractivity contribution is -0.145. The molecule has 3 rings (SSSR count). The summed E-state index contributed by atoms with van der Waals surface area (Å²) in [6.45, 7) is 6.47. The summed E-state index contributed by atoms with van der Waals surface area (Å²) in [5, 5.41) is 12.9. The van der Waals surface area contributed by atoms with E-state index in [0.29, 0.717) is 10.9 Å². The van der Waals surface area contributed by atoms with Gasteiger partial charge in [-0.2, -0.15) is 0 Å². The maximum atomic E-state index is 13.3. The van der Waals surface area contributed by atoms with E-state index in [2.05, 4.69) is 41.5 Å². The molecule has 2 amide bonds. The van der Waals surface area contributed by atoms with Crippen molar-refractivity contribution in [1.82, 2.24) is 9.88 Å². The molecule has 2 aromatic rings. The molecule has 8 heteroatoms. The molecule has 0 atom stereocenters. The Morgan fingerprint density at radius 1 is 1.18 bits per heavy atom. The van der Waals surface area contributed by atoms with E-state index in [1.54, 1.807) is 20.0 Å². The van der Waals surface area contributed by atoms with E-state index < -0.39 is 11.4 Å². The standard InChI is InChI=1S/C26H37N3O3S2/c1-19-12-14-21(15-13-19)29(16-8-7-11-20-9-5-4-6-10-20)25(32)28-24-27-17-22(34-24)33-18-26(2,3)23(30)31/h4-6,9-10,17,19,21H,7-8,11-16,18H2,1-3H3,(H,30,31)(H,27,28,32)/t19-,21-. The number of thiazole rings is 1. The van der Waals surface area contributed by atoms with Crippen LogP contribution in [0.25, 0.3) is 0 Å². The third-order valence-electron chi connectivity index (χ3n) is 6.50. The van der Waals surface area contributed by atoms with Crippen molar-refractivity contribution in [3.8, 4) is 0 Å². The van der Waals surface area contributed by atoms with Gasteiger partial charge in [0.2, 0.25) is 0 Å². The maximum absolute atomic E-state index is 13.3. The van der Waals surface area contributed by atoms with Crippen LogP contribution in [0.3, 0.4) is 0 Å². The molecule has 0 saturated heterocycles. The number of aryl methyl sites for hydroxylation is 1. The van der Waals surface area contributed by atoms with Gasteiger partial charge in [0.05, 0.1) is 15.8 Å². The van der Waals surface area contributed by atoms with Crippen LogP contribution < -0.4 is 5.32 Å². The van der Waals surface area contributed by atoms with Gasteiger partial charge in [0, 0.05) is 18.3 Å². The van der Waals surface area contributed by atoms with Crippen molar-refractivity contribution in [2.24, 2.45) is 11.3 Å². The number of hydrogen-bond donors (Lipinski definition) is 2. The van der Waals surface area contributed by atoms with Crippen molar-refractivity contribution < 1.29 is 14.7 Å². The molecule has 0 aliphatic heterocycles. The van der Waals surface area contributed by atoms with Crippen LogP contribution in [0.4, 0.5) is 9.93 Å². The van der Waals surface area contributed by atoms with Crippen LogP contribution in [-0.2, 0) is 11.2 Å². The Morgan fingerprint density at radius 3 is 2.56 bits per heavy atom. The Balaban J connectivity index is 1.56. The monoisotopic (exact) mass is 503 g/mol. The largest absolute Gasteiger partial charge is 0.481 e. The van der Waals surface area contributed by atoms with Crippen LogP contribution >= 0.6 is 23.1 Å². The predicted molar refractivity (Wildman–Crippen MR) is 141 cm³/mol. The van der Waals surface area contributed by atoms with Gasteiger partial charge in [0.15, 0.2) is 5.13 Å². The number of carboxylic acid groups (broad SMARTS) is 1. The second kappa shape index (κ2) is 12.6. The second-order valence-electron chi connectivity index (χ2n) is 9.94. The quantitative estimate of drug-likeness (QED) is 0.261. The molecule has 1 saturated carbocycles. The van der Waals surface area contributed by atoms with E-state index in [1.165, 1.54) is 28.7 Å². The Kier molecular flexibility index (Phi) is 9.83. The van der Waals surface area contributed by atoms with Gasteiger partial charge in [-0.3, -0.25) is 10.1 Å². The van der Waals surface area contributed by atoms with Gasteiger partial charge < -0.3 is 10.0 Å². The summed E-state index contributed by atoms with van der Waals surface area (Å²) >= 11 is 2.87. The van der Waals surface area contributed by atoms with Crippen LogP contribution in [0, 0.1) is 11.3 Å². The summed E-state index contributed by atoms with van der Waals surface area (Å²) in [6.07, 6.45) is 9.19. The van der Waals surface area contributed by atoms with Gasteiger partial charge in [0.1, 0.15) is 0 Å². The fraction of sp³-hybridized carbons (Fsp3) is 0.577. The molecule has 2 N–H and O–H groups in total. The van der Waals surface area contributed by atoms with Crippen molar-refractivity contribution in [2.45, 2.75) is 76.0 Å². The molecule has 186 valence electrons. The average Bonchev–Trinajstić information content (AvgIpc) is 3.26. The van der Waals surface area contributed by atoms with Gasteiger partial charge in [-0.25, -0.2) is 9.78 Å². The molecule has 0 unspecified atom stereocenters. The number of urea groups is 1. The maximum Gasteiger partial charge on any atom is 0.323 e. The van der Waals surface area contributed by atoms with Gasteiger partial charge >= 0.3 is 12.0 Å². The second-order valence-corrected chi connectivity index (χ2v) is 12.2. The minimum atomic E-state index is -0.817. The highest BCUT2D eigenvalue weighted by Crippen LogP contribution is 2.34. The van der Waals surface area contributed by atoms with E-state index in [0.717, 1.165) is 61.6 Å². The van der Waals surface area contributed by atoms with Crippen molar-refractivity contribution in [3.05, 3.63) is 42.1 Å². The number of anilines is 1. The first-order valence-electron chi connectivity index (χ1n) is 12.2. The van der Waals surface area contributed by atoms with Gasteiger partial charge in [0.25, 0.3) is 0 Å². The number of rotatable bonds is 11. The third kappa shape index (κ3) is 8.01. The Morgan fingerprint density at radius 2 is 1.88 bits per heavy atom. The number of aromatic nitrogens is 1. The van der Waals surface area contributed by atoms with E-state index in [9.17, 15) is 14.7 Å². The molecule has 1 aliphatic carbocycles. The lowest BCUT2D eigenvalue weighted by Crippen LogP contribution is -2.45. The van der Waals surface area contributed by atoms with Crippen molar-refractivity contribution in [1.29, 1.82) is 0 Å². The van der Waals surface area contributed by atoms with Gasteiger partial charge in [-0.05, 0) is 70.3 Å². The lowest BCUT2D eigenvalue weighted by atomic mass is 9.86. The first kappa shape index (κ1) is 26.5. The van der Waals surface area contributed by atoms with Crippen LogP contribution in [0.2, 0.25) is 0 Å². The number of aliphatic carboxylic acids is 1. The molecule has 34 heavy (non-hydrogen) atoms. The van der Waals surface area contributed by atoms with E-state index in [-0.39, 0.29) is 12.1 Å². The number of carboxylic acids is 1. The summed E-state index contributed by atoms with van der Waals surface area (Å²) in [5.74, 6) is 0.363. The van der Waals surface area contributed by atoms with Crippen LogP contribution in [-0.4, -0.2) is 45.3 Å². The fourth-order valence-electron chi connectivity index (χ4n) is 4.12. The zero-order valence-electron chi connectivity index (χ0n) is 20.5. The number of carbonyl (C=O) groups excluding carboxylic acids is 1. The van der Waals surface area contributed by atoms with Gasteiger partial charge in [-0.1, -0.05) is 48.6 Å². The minimum absolute atomic E-state index is 0.0731. The van der Waals surface area contributed by atoms with E-state index in [4.69, 9.17) is 0 Å². The molecule has 1 aromatic carbocycles. The fourth-order valence-corrected chi connectivity index (χ4v) is 6.06. The number of amides is 2. The molecule has 0 bridgehead atoms. The summed E-state index contributed by atoms with van der Waals surface area (Å²) in [7, 11) is 0. The van der Waals surface area contributed by atoms with Gasteiger partial charge in [-0.15, -0.1) is 11.8 Å². The Labute approximate surface area is 211 Å². The predicted octanol–water partition coefficient (Wildman–Crippen LogP) is 6.78. The summed E-state index contributed by atoms with van der Waals surface area (Å²) in [6, 6.07) is 10.7. The number of nitrogens with one attached hydrogen (secondary N) is 1. The highest BCUT2D eigenvalue weighted by Gasteiger charge is 2.29. The normalized spacial score (nSPS) is 18.4. The number of benzene rings is 1. The average molecular weight is 504 g/mol. The number of nitrogens with zero attached hydrogens (tertiary/aromatic N) is 2.